The molecule has 0 saturated carbocycles. The van der Waals surface area contributed by atoms with Crippen LogP contribution < -0.4 is 10.2 Å². The van der Waals surface area contributed by atoms with E-state index in [1.807, 2.05) is 0 Å². The highest BCUT2D eigenvalue weighted by molar-refractivity contribution is 5.55. The summed E-state index contributed by atoms with van der Waals surface area (Å²) in [5.74, 6) is 0.670. The minimum Gasteiger partial charge on any atom is -0.369 e. The van der Waals surface area contributed by atoms with E-state index in [4.69, 9.17) is 0 Å². The van der Waals surface area contributed by atoms with Gasteiger partial charge in [-0.15, -0.1) is 0 Å². The van der Waals surface area contributed by atoms with Crippen LogP contribution in [0.4, 0.5) is 5.69 Å². The Morgan fingerprint density at radius 1 is 1.05 bits per heavy atom. The van der Waals surface area contributed by atoms with Gasteiger partial charge < -0.3 is 10.2 Å². The molecule has 0 aliphatic heterocycles. The SMILES string of the molecule is CCCNC(CC)c1ccccc1N(CC(C)C)C(C)C. The van der Waals surface area contributed by atoms with E-state index in [-0.39, 0.29) is 0 Å². The van der Waals surface area contributed by atoms with Crippen LogP contribution in [-0.2, 0) is 0 Å². The van der Waals surface area contributed by atoms with Crippen molar-refractivity contribution in [3.63, 3.8) is 0 Å². The summed E-state index contributed by atoms with van der Waals surface area (Å²) in [5.41, 5.74) is 2.85. The van der Waals surface area contributed by atoms with E-state index in [2.05, 4.69) is 76.0 Å². The summed E-state index contributed by atoms with van der Waals surface area (Å²) in [6.07, 6.45) is 2.31. The number of nitrogens with zero attached hydrogens (tertiary/aromatic N) is 1. The zero-order valence-corrected chi connectivity index (χ0v) is 14.8. The van der Waals surface area contributed by atoms with Gasteiger partial charge in [0.25, 0.3) is 0 Å². The molecule has 0 spiro atoms. The zero-order valence-electron chi connectivity index (χ0n) is 14.8. The highest BCUT2D eigenvalue weighted by atomic mass is 15.2. The maximum Gasteiger partial charge on any atom is 0.0417 e. The molecule has 2 heteroatoms. The molecule has 1 N–H and O–H groups in total. The fourth-order valence-corrected chi connectivity index (χ4v) is 2.82. The predicted molar refractivity (Wildman–Crippen MR) is 95.1 cm³/mol. The molecule has 1 rings (SSSR count). The van der Waals surface area contributed by atoms with Gasteiger partial charge >= 0.3 is 0 Å². The topological polar surface area (TPSA) is 15.3 Å². The summed E-state index contributed by atoms with van der Waals surface area (Å²) in [6, 6.07) is 9.90. The Hall–Kier alpha value is -1.02. The standard InChI is InChI=1S/C19H34N2/c1-7-13-20-18(8-2)17-11-9-10-12-19(17)21(16(5)6)14-15(3)4/h9-12,15-16,18,20H,7-8,13-14H2,1-6H3. The molecule has 0 bridgehead atoms. The van der Waals surface area contributed by atoms with Crippen LogP contribution >= 0.6 is 0 Å². The summed E-state index contributed by atoms with van der Waals surface area (Å²) < 4.78 is 0. The third kappa shape index (κ3) is 5.35. The normalized spacial score (nSPS) is 13.0. The number of hydrogen-bond acceptors (Lipinski definition) is 2. The lowest BCUT2D eigenvalue weighted by molar-refractivity contribution is 0.511. The molecule has 0 amide bonds. The molecule has 1 aromatic rings. The quantitative estimate of drug-likeness (QED) is 0.688. The lowest BCUT2D eigenvalue weighted by Crippen LogP contribution is -2.36. The van der Waals surface area contributed by atoms with Crippen molar-refractivity contribution in [3.05, 3.63) is 29.8 Å². The average Bonchev–Trinajstić information content (AvgIpc) is 2.46. The number of anilines is 1. The highest BCUT2D eigenvalue weighted by Gasteiger charge is 2.19. The third-order valence-corrected chi connectivity index (χ3v) is 3.86. The average molecular weight is 290 g/mol. The van der Waals surface area contributed by atoms with Crippen molar-refractivity contribution in [1.82, 2.24) is 5.32 Å². The Labute approximate surface area is 131 Å². The minimum absolute atomic E-state index is 0.453. The maximum absolute atomic E-state index is 3.70. The lowest BCUT2D eigenvalue weighted by Gasteiger charge is -2.34. The zero-order chi connectivity index (χ0) is 15.8. The van der Waals surface area contributed by atoms with Crippen LogP contribution in [0.15, 0.2) is 24.3 Å². The predicted octanol–water partition coefficient (Wildman–Crippen LogP) is 5.01. The third-order valence-electron chi connectivity index (χ3n) is 3.86. The summed E-state index contributed by atoms with van der Waals surface area (Å²) in [4.78, 5) is 2.55. The van der Waals surface area contributed by atoms with E-state index in [0.717, 1.165) is 19.5 Å². The Balaban J connectivity index is 3.10. The largest absolute Gasteiger partial charge is 0.369 e. The number of hydrogen-bond donors (Lipinski definition) is 1. The van der Waals surface area contributed by atoms with Crippen LogP contribution in [-0.4, -0.2) is 19.1 Å². The van der Waals surface area contributed by atoms with E-state index in [9.17, 15) is 0 Å². The molecule has 0 aromatic heterocycles. The molecule has 1 atom stereocenters. The summed E-state index contributed by atoms with van der Waals surface area (Å²) in [6.45, 7) is 15.9. The summed E-state index contributed by atoms with van der Waals surface area (Å²) in [7, 11) is 0. The van der Waals surface area contributed by atoms with Crippen LogP contribution in [0.3, 0.4) is 0 Å². The highest BCUT2D eigenvalue weighted by Crippen LogP contribution is 2.30. The van der Waals surface area contributed by atoms with Crippen LogP contribution in [0, 0.1) is 5.92 Å². The van der Waals surface area contributed by atoms with Crippen molar-refractivity contribution in [3.8, 4) is 0 Å². The van der Waals surface area contributed by atoms with Crippen molar-refractivity contribution in [1.29, 1.82) is 0 Å². The van der Waals surface area contributed by atoms with Crippen LogP contribution in [0.1, 0.15) is 66.0 Å². The van der Waals surface area contributed by atoms with Crippen molar-refractivity contribution >= 4 is 5.69 Å². The first-order valence-electron chi connectivity index (χ1n) is 8.60. The van der Waals surface area contributed by atoms with Gasteiger partial charge in [0.2, 0.25) is 0 Å². The maximum atomic E-state index is 3.70. The lowest BCUT2D eigenvalue weighted by atomic mass is 9.99. The molecule has 0 saturated heterocycles. The van der Waals surface area contributed by atoms with Gasteiger partial charge in [-0.1, -0.05) is 45.9 Å². The first-order chi connectivity index (χ1) is 10.0. The molecule has 0 heterocycles. The molecule has 120 valence electrons. The molecule has 1 aromatic carbocycles. The fraction of sp³-hybridized carbons (Fsp3) is 0.684. The van der Waals surface area contributed by atoms with Crippen LogP contribution in [0.25, 0.3) is 0 Å². The van der Waals surface area contributed by atoms with E-state index < -0.39 is 0 Å². The molecule has 1 unspecified atom stereocenters. The monoisotopic (exact) mass is 290 g/mol. The second kappa shape index (κ2) is 9.09. The van der Waals surface area contributed by atoms with Gasteiger partial charge in [0.05, 0.1) is 0 Å². The second-order valence-electron chi connectivity index (χ2n) is 6.61. The van der Waals surface area contributed by atoms with Gasteiger partial charge in [-0.05, 0) is 50.8 Å². The van der Waals surface area contributed by atoms with Crippen LogP contribution in [0.2, 0.25) is 0 Å². The fourth-order valence-electron chi connectivity index (χ4n) is 2.82. The van der Waals surface area contributed by atoms with Crippen molar-refractivity contribution in [2.24, 2.45) is 5.92 Å². The van der Waals surface area contributed by atoms with E-state index in [0.29, 0.717) is 18.0 Å². The summed E-state index contributed by atoms with van der Waals surface area (Å²) in [5, 5.41) is 3.70. The molecule has 0 aliphatic rings. The van der Waals surface area contributed by atoms with Crippen molar-refractivity contribution in [2.75, 3.05) is 18.0 Å². The van der Waals surface area contributed by atoms with Crippen molar-refractivity contribution in [2.45, 2.75) is 66.5 Å². The van der Waals surface area contributed by atoms with Gasteiger partial charge in [0.1, 0.15) is 0 Å². The second-order valence-corrected chi connectivity index (χ2v) is 6.61. The van der Waals surface area contributed by atoms with E-state index >= 15 is 0 Å². The van der Waals surface area contributed by atoms with E-state index in [1.54, 1.807) is 0 Å². The van der Waals surface area contributed by atoms with E-state index in [1.165, 1.54) is 17.7 Å². The minimum atomic E-state index is 0.453. The summed E-state index contributed by atoms with van der Waals surface area (Å²) >= 11 is 0. The van der Waals surface area contributed by atoms with Crippen molar-refractivity contribution < 1.29 is 0 Å². The molecule has 21 heavy (non-hydrogen) atoms. The first kappa shape index (κ1) is 18.0. The molecule has 0 aliphatic carbocycles. The van der Waals surface area contributed by atoms with Gasteiger partial charge in [-0.25, -0.2) is 0 Å². The Kier molecular flexibility index (Phi) is 7.81. The van der Waals surface area contributed by atoms with Gasteiger partial charge in [0.15, 0.2) is 0 Å². The first-order valence-corrected chi connectivity index (χ1v) is 8.60. The number of nitrogens with one attached hydrogen (secondary N) is 1. The smallest absolute Gasteiger partial charge is 0.0417 e. The molecular weight excluding hydrogens is 256 g/mol. The molecular formula is C19H34N2. The van der Waals surface area contributed by atoms with Crippen LogP contribution in [0.5, 0.6) is 0 Å². The van der Waals surface area contributed by atoms with Gasteiger partial charge in [-0.3, -0.25) is 0 Å². The number of para-hydroxylation sites is 1. The Morgan fingerprint density at radius 3 is 2.24 bits per heavy atom. The number of rotatable bonds is 9. The molecule has 0 fully saturated rings. The van der Waals surface area contributed by atoms with Gasteiger partial charge in [-0.2, -0.15) is 0 Å². The Morgan fingerprint density at radius 2 is 1.71 bits per heavy atom. The molecule has 0 radical (unpaired) electrons. The van der Waals surface area contributed by atoms with Gasteiger partial charge in [0, 0.05) is 24.3 Å². The molecule has 2 nitrogen and oxygen atoms in total. The number of benzene rings is 1. The Bertz CT molecular complexity index is 398.